The second-order valence-electron chi connectivity index (χ2n) is 3.94. The van der Waals surface area contributed by atoms with E-state index in [1.807, 2.05) is 43.0 Å². The largest absolute Gasteiger partial charge is 0.324 e. The Bertz CT molecular complexity index is 461. The topological polar surface area (TPSA) is 56.7 Å². The van der Waals surface area contributed by atoms with Crippen LogP contribution in [0.3, 0.4) is 0 Å². The molecule has 2 rings (SSSR count). The van der Waals surface area contributed by atoms with Crippen molar-refractivity contribution < 1.29 is 0 Å². The molecule has 0 radical (unpaired) electrons. The van der Waals surface area contributed by atoms with Gasteiger partial charge in [-0.15, -0.1) is 0 Å². The lowest BCUT2D eigenvalue weighted by Gasteiger charge is -2.10. The van der Waals surface area contributed by atoms with Gasteiger partial charge in [-0.25, -0.2) is 0 Å². The van der Waals surface area contributed by atoms with E-state index in [9.17, 15) is 0 Å². The Balaban J connectivity index is 2.15. The molecule has 16 heavy (non-hydrogen) atoms. The lowest BCUT2D eigenvalue weighted by Crippen LogP contribution is -2.14. The Morgan fingerprint density at radius 3 is 2.81 bits per heavy atom. The number of aromatic nitrogens is 3. The average Bonchev–Trinajstić information content (AvgIpc) is 2.61. The van der Waals surface area contributed by atoms with E-state index in [1.54, 1.807) is 6.20 Å². The van der Waals surface area contributed by atoms with Crippen molar-refractivity contribution in [3.63, 3.8) is 0 Å². The predicted octanol–water partition coefficient (Wildman–Crippen LogP) is 1.37. The van der Waals surface area contributed by atoms with Gasteiger partial charge in [0.05, 0.1) is 6.20 Å². The van der Waals surface area contributed by atoms with E-state index >= 15 is 0 Å². The van der Waals surface area contributed by atoms with Gasteiger partial charge in [-0.1, -0.05) is 6.07 Å². The maximum absolute atomic E-state index is 6.15. The van der Waals surface area contributed by atoms with Crippen LogP contribution in [0.5, 0.6) is 0 Å². The fourth-order valence-corrected chi connectivity index (χ4v) is 1.73. The summed E-state index contributed by atoms with van der Waals surface area (Å²) in [6.07, 6.45) is 4.37. The van der Waals surface area contributed by atoms with Gasteiger partial charge < -0.3 is 5.73 Å². The molecule has 4 nitrogen and oxygen atoms in total. The van der Waals surface area contributed by atoms with Gasteiger partial charge in [-0.3, -0.25) is 9.67 Å². The minimum absolute atomic E-state index is 0.0383. The van der Waals surface area contributed by atoms with E-state index in [4.69, 9.17) is 5.73 Å². The molecule has 0 aliphatic carbocycles. The van der Waals surface area contributed by atoms with Crippen molar-refractivity contribution in [1.82, 2.24) is 14.8 Å². The first kappa shape index (κ1) is 10.8. The number of pyridine rings is 1. The van der Waals surface area contributed by atoms with Crippen LogP contribution in [0, 0.1) is 6.92 Å². The summed E-state index contributed by atoms with van der Waals surface area (Å²) in [5.74, 6) is 0. The minimum Gasteiger partial charge on any atom is -0.324 e. The molecular weight excluding hydrogens is 200 g/mol. The van der Waals surface area contributed by atoms with E-state index < -0.39 is 0 Å². The fraction of sp³-hybridized carbons (Fsp3) is 0.333. The SMILES string of the molecule is Cc1c(C(N)Cc2ccccn2)cnn1C. The molecule has 2 aromatic rings. The van der Waals surface area contributed by atoms with Crippen molar-refractivity contribution in [2.24, 2.45) is 12.8 Å². The van der Waals surface area contributed by atoms with Crippen LogP contribution in [0.2, 0.25) is 0 Å². The summed E-state index contributed by atoms with van der Waals surface area (Å²) in [6.45, 7) is 2.03. The molecule has 4 heteroatoms. The Kier molecular flexibility index (Phi) is 3.01. The number of nitrogens with two attached hydrogens (primary N) is 1. The van der Waals surface area contributed by atoms with E-state index in [2.05, 4.69) is 10.1 Å². The zero-order chi connectivity index (χ0) is 11.5. The van der Waals surface area contributed by atoms with Crippen LogP contribution in [-0.4, -0.2) is 14.8 Å². The predicted molar refractivity (Wildman–Crippen MR) is 62.8 cm³/mol. The van der Waals surface area contributed by atoms with Gasteiger partial charge >= 0.3 is 0 Å². The van der Waals surface area contributed by atoms with Crippen LogP contribution in [0.25, 0.3) is 0 Å². The van der Waals surface area contributed by atoms with Crippen molar-refractivity contribution in [2.75, 3.05) is 0 Å². The van der Waals surface area contributed by atoms with Crippen molar-refractivity contribution in [3.8, 4) is 0 Å². The van der Waals surface area contributed by atoms with E-state index in [-0.39, 0.29) is 6.04 Å². The quantitative estimate of drug-likeness (QED) is 0.843. The molecule has 0 bridgehead atoms. The standard InChI is InChI=1S/C12H16N4/c1-9-11(8-15-16(9)2)12(13)7-10-5-3-4-6-14-10/h3-6,8,12H,7,13H2,1-2H3. The zero-order valence-electron chi connectivity index (χ0n) is 9.59. The molecule has 1 atom stereocenters. The first-order valence-electron chi connectivity index (χ1n) is 5.32. The maximum atomic E-state index is 6.15. The summed E-state index contributed by atoms with van der Waals surface area (Å²) in [6, 6.07) is 5.84. The lowest BCUT2D eigenvalue weighted by molar-refractivity contribution is 0.690. The molecule has 0 fully saturated rings. The van der Waals surface area contributed by atoms with E-state index in [0.29, 0.717) is 0 Å². The van der Waals surface area contributed by atoms with E-state index in [1.165, 1.54) is 0 Å². The van der Waals surface area contributed by atoms with Crippen molar-refractivity contribution in [1.29, 1.82) is 0 Å². The molecule has 1 unspecified atom stereocenters. The molecule has 0 spiro atoms. The fourth-order valence-electron chi connectivity index (χ4n) is 1.73. The molecule has 0 saturated heterocycles. The van der Waals surface area contributed by atoms with Gasteiger partial charge in [-0.05, 0) is 19.1 Å². The van der Waals surface area contributed by atoms with Gasteiger partial charge in [0, 0.05) is 42.7 Å². The van der Waals surface area contributed by atoms with Crippen LogP contribution in [-0.2, 0) is 13.5 Å². The molecule has 2 N–H and O–H groups in total. The van der Waals surface area contributed by atoms with Crippen LogP contribution >= 0.6 is 0 Å². The maximum Gasteiger partial charge on any atom is 0.0540 e. The van der Waals surface area contributed by atoms with Gasteiger partial charge in [0.2, 0.25) is 0 Å². The highest BCUT2D eigenvalue weighted by Gasteiger charge is 2.13. The van der Waals surface area contributed by atoms with Crippen molar-refractivity contribution in [3.05, 3.63) is 47.5 Å². The third kappa shape index (κ3) is 2.12. The second-order valence-corrected chi connectivity index (χ2v) is 3.94. The lowest BCUT2D eigenvalue weighted by atomic mass is 10.0. The Hall–Kier alpha value is -1.68. The van der Waals surface area contributed by atoms with Gasteiger partial charge in [0.25, 0.3) is 0 Å². The molecule has 2 heterocycles. The summed E-state index contributed by atoms with van der Waals surface area (Å²) >= 11 is 0. The van der Waals surface area contributed by atoms with Crippen LogP contribution in [0.1, 0.15) is 23.0 Å². The third-order valence-electron chi connectivity index (χ3n) is 2.83. The zero-order valence-corrected chi connectivity index (χ0v) is 9.59. The minimum atomic E-state index is -0.0383. The molecule has 84 valence electrons. The summed E-state index contributed by atoms with van der Waals surface area (Å²) in [5.41, 5.74) is 9.37. The highest BCUT2D eigenvalue weighted by Crippen LogP contribution is 2.17. The molecule has 0 amide bonds. The third-order valence-corrected chi connectivity index (χ3v) is 2.83. The highest BCUT2D eigenvalue weighted by atomic mass is 15.3. The molecule has 0 aliphatic rings. The van der Waals surface area contributed by atoms with Crippen LogP contribution in [0.15, 0.2) is 30.6 Å². The number of aryl methyl sites for hydroxylation is 1. The highest BCUT2D eigenvalue weighted by molar-refractivity contribution is 5.22. The Labute approximate surface area is 95.1 Å². The first-order chi connectivity index (χ1) is 7.68. The first-order valence-corrected chi connectivity index (χ1v) is 5.32. The van der Waals surface area contributed by atoms with Crippen molar-refractivity contribution >= 4 is 0 Å². The van der Waals surface area contributed by atoms with E-state index in [0.717, 1.165) is 23.4 Å². The van der Waals surface area contributed by atoms with Gasteiger partial charge in [-0.2, -0.15) is 5.10 Å². The summed E-state index contributed by atoms with van der Waals surface area (Å²) in [4.78, 5) is 4.27. The summed E-state index contributed by atoms with van der Waals surface area (Å²) < 4.78 is 1.84. The molecule has 0 saturated carbocycles. The smallest absolute Gasteiger partial charge is 0.0540 e. The molecule has 0 aromatic carbocycles. The average molecular weight is 216 g/mol. The number of nitrogens with zero attached hydrogens (tertiary/aromatic N) is 3. The molecular formula is C12H16N4. The van der Waals surface area contributed by atoms with Crippen molar-refractivity contribution in [2.45, 2.75) is 19.4 Å². The Morgan fingerprint density at radius 1 is 1.44 bits per heavy atom. The monoisotopic (exact) mass is 216 g/mol. The molecule has 2 aromatic heterocycles. The normalized spacial score (nSPS) is 12.7. The van der Waals surface area contributed by atoms with Crippen LogP contribution < -0.4 is 5.73 Å². The second kappa shape index (κ2) is 4.45. The summed E-state index contributed by atoms with van der Waals surface area (Å²) in [7, 11) is 1.92. The Morgan fingerprint density at radius 2 is 2.25 bits per heavy atom. The molecule has 0 aliphatic heterocycles. The number of rotatable bonds is 3. The number of hydrogen-bond donors (Lipinski definition) is 1. The van der Waals surface area contributed by atoms with Gasteiger partial charge in [0.1, 0.15) is 0 Å². The van der Waals surface area contributed by atoms with Crippen LogP contribution in [0.4, 0.5) is 0 Å². The van der Waals surface area contributed by atoms with Gasteiger partial charge in [0.15, 0.2) is 0 Å². The number of hydrogen-bond acceptors (Lipinski definition) is 3. The summed E-state index contributed by atoms with van der Waals surface area (Å²) in [5, 5.41) is 4.20.